The molecule has 1 saturated heterocycles. The van der Waals surface area contributed by atoms with E-state index in [2.05, 4.69) is 22.2 Å². The summed E-state index contributed by atoms with van der Waals surface area (Å²) in [7, 11) is 2.08. The lowest BCUT2D eigenvalue weighted by Crippen LogP contribution is -2.47. The second-order valence-corrected chi connectivity index (χ2v) is 5.86. The minimum absolute atomic E-state index is 0.00133. The Bertz CT molecular complexity index is 587. The standard InChI is InChI=1S/C14H21N5O4/c1-11(10-17-7-5-16(2)6-8-17)15-13-4-3-12(18(20)21)9-14(13)19(22)23/h3-4,9,11,15H,5-8,10H2,1-2H3. The highest BCUT2D eigenvalue weighted by Gasteiger charge is 2.22. The van der Waals surface area contributed by atoms with Crippen molar-refractivity contribution in [3.8, 4) is 0 Å². The van der Waals surface area contributed by atoms with Gasteiger partial charge in [0.25, 0.3) is 11.4 Å². The first kappa shape index (κ1) is 17.1. The van der Waals surface area contributed by atoms with Crippen LogP contribution in [-0.4, -0.2) is 65.5 Å². The molecule has 0 saturated carbocycles. The van der Waals surface area contributed by atoms with Crippen molar-refractivity contribution in [2.24, 2.45) is 0 Å². The third-order valence-corrected chi connectivity index (χ3v) is 3.92. The lowest BCUT2D eigenvalue weighted by Gasteiger charge is -2.34. The number of nitro groups is 2. The number of hydrogen-bond donors (Lipinski definition) is 1. The van der Waals surface area contributed by atoms with Crippen molar-refractivity contribution in [2.45, 2.75) is 13.0 Å². The first-order chi connectivity index (χ1) is 10.9. The van der Waals surface area contributed by atoms with Crippen molar-refractivity contribution in [3.63, 3.8) is 0 Å². The van der Waals surface area contributed by atoms with Gasteiger partial charge < -0.3 is 10.2 Å². The summed E-state index contributed by atoms with van der Waals surface area (Å²) >= 11 is 0. The van der Waals surface area contributed by atoms with Crippen LogP contribution in [0.25, 0.3) is 0 Å². The van der Waals surface area contributed by atoms with Crippen molar-refractivity contribution in [1.82, 2.24) is 9.80 Å². The fourth-order valence-corrected chi connectivity index (χ4v) is 2.64. The van der Waals surface area contributed by atoms with Crippen LogP contribution in [0, 0.1) is 20.2 Å². The van der Waals surface area contributed by atoms with Crippen molar-refractivity contribution in [3.05, 3.63) is 38.4 Å². The number of rotatable bonds is 6. The van der Waals surface area contributed by atoms with Gasteiger partial charge >= 0.3 is 0 Å². The first-order valence-electron chi connectivity index (χ1n) is 7.47. The Kier molecular flexibility index (Phi) is 5.45. The molecule has 2 rings (SSSR count). The summed E-state index contributed by atoms with van der Waals surface area (Å²) in [4.78, 5) is 25.2. The van der Waals surface area contributed by atoms with Crippen LogP contribution in [0.1, 0.15) is 6.92 Å². The Morgan fingerprint density at radius 3 is 2.39 bits per heavy atom. The summed E-state index contributed by atoms with van der Waals surface area (Å²) in [6.07, 6.45) is 0. The second kappa shape index (κ2) is 7.34. The molecule has 0 amide bonds. The summed E-state index contributed by atoms with van der Waals surface area (Å²) in [6.45, 7) is 6.65. The smallest absolute Gasteiger partial charge is 0.299 e. The molecule has 1 aliphatic heterocycles. The zero-order valence-corrected chi connectivity index (χ0v) is 13.3. The normalized spacial score (nSPS) is 17.7. The fourth-order valence-electron chi connectivity index (χ4n) is 2.64. The summed E-state index contributed by atoms with van der Waals surface area (Å²) in [5, 5.41) is 25.0. The molecule has 23 heavy (non-hydrogen) atoms. The molecule has 0 radical (unpaired) electrons. The molecule has 1 aromatic rings. The Hall–Kier alpha value is -2.26. The van der Waals surface area contributed by atoms with Gasteiger partial charge in [-0.05, 0) is 20.0 Å². The van der Waals surface area contributed by atoms with Gasteiger partial charge in [0.05, 0.1) is 15.9 Å². The molecule has 9 nitrogen and oxygen atoms in total. The van der Waals surface area contributed by atoms with Crippen LogP contribution < -0.4 is 5.32 Å². The average Bonchev–Trinajstić information content (AvgIpc) is 2.49. The maximum absolute atomic E-state index is 11.1. The van der Waals surface area contributed by atoms with Crippen molar-refractivity contribution >= 4 is 17.1 Å². The molecule has 1 N–H and O–H groups in total. The largest absolute Gasteiger partial charge is 0.376 e. The predicted molar refractivity (Wildman–Crippen MR) is 86.8 cm³/mol. The number of nitro benzene ring substituents is 2. The monoisotopic (exact) mass is 323 g/mol. The van der Waals surface area contributed by atoms with Crippen LogP contribution in [0.2, 0.25) is 0 Å². The van der Waals surface area contributed by atoms with Gasteiger partial charge in [0.1, 0.15) is 5.69 Å². The van der Waals surface area contributed by atoms with E-state index in [0.29, 0.717) is 5.69 Å². The minimum Gasteiger partial charge on any atom is -0.376 e. The van der Waals surface area contributed by atoms with Gasteiger partial charge in [-0.25, -0.2) is 0 Å². The number of piperazine rings is 1. The highest BCUT2D eigenvalue weighted by Crippen LogP contribution is 2.29. The van der Waals surface area contributed by atoms with E-state index in [-0.39, 0.29) is 17.4 Å². The number of non-ortho nitro benzene ring substituents is 1. The maximum Gasteiger partial charge on any atom is 0.299 e. The minimum atomic E-state index is -0.634. The van der Waals surface area contributed by atoms with E-state index in [1.165, 1.54) is 12.1 Å². The lowest BCUT2D eigenvalue weighted by atomic mass is 10.2. The van der Waals surface area contributed by atoms with Gasteiger partial charge in [0.2, 0.25) is 0 Å². The van der Waals surface area contributed by atoms with E-state index in [1.54, 1.807) is 0 Å². The number of hydrogen-bond acceptors (Lipinski definition) is 7. The third-order valence-electron chi connectivity index (χ3n) is 3.92. The van der Waals surface area contributed by atoms with E-state index in [1.807, 2.05) is 6.92 Å². The Labute approximate surface area is 134 Å². The molecule has 1 fully saturated rings. The van der Waals surface area contributed by atoms with Crippen molar-refractivity contribution in [1.29, 1.82) is 0 Å². The van der Waals surface area contributed by atoms with Crippen LogP contribution in [0.5, 0.6) is 0 Å². The van der Waals surface area contributed by atoms with Gasteiger partial charge in [-0.3, -0.25) is 25.1 Å². The van der Waals surface area contributed by atoms with Crippen LogP contribution in [0.4, 0.5) is 17.1 Å². The second-order valence-electron chi connectivity index (χ2n) is 5.86. The molecule has 0 aliphatic carbocycles. The van der Waals surface area contributed by atoms with E-state index >= 15 is 0 Å². The molecule has 126 valence electrons. The molecule has 0 spiro atoms. The zero-order chi connectivity index (χ0) is 17.0. The zero-order valence-electron chi connectivity index (χ0n) is 13.3. The lowest BCUT2D eigenvalue weighted by molar-refractivity contribution is -0.393. The summed E-state index contributed by atoms with van der Waals surface area (Å²) in [5.41, 5.74) is -0.249. The highest BCUT2D eigenvalue weighted by molar-refractivity contribution is 5.65. The van der Waals surface area contributed by atoms with E-state index < -0.39 is 9.85 Å². The van der Waals surface area contributed by atoms with Gasteiger partial charge in [-0.1, -0.05) is 0 Å². The number of nitrogens with one attached hydrogen (secondary N) is 1. The number of nitrogens with zero attached hydrogens (tertiary/aromatic N) is 4. The quantitative estimate of drug-likeness (QED) is 0.625. The van der Waals surface area contributed by atoms with Crippen molar-refractivity contribution in [2.75, 3.05) is 45.1 Å². The van der Waals surface area contributed by atoms with E-state index in [4.69, 9.17) is 0 Å². The Morgan fingerprint density at radius 2 is 1.83 bits per heavy atom. The molecule has 1 heterocycles. The summed E-state index contributed by atoms with van der Waals surface area (Å²) in [6, 6.07) is 3.66. The van der Waals surface area contributed by atoms with E-state index in [9.17, 15) is 20.2 Å². The predicted octanol–water partition coefficient (Wildman–Crippen LogP) is 1.55. The molecule has 1 aromatic carbocycles. The van der Waals surface area contributed by atoms with Crippen LogP contribution in [0.15, 0.2) is 18.2 Å². The maximum atomic E-state index is 11.1. The average molecular weight is 323 g/mol. The molecule has 1 aliphatic rings. The molecule has 9 heteroatoms. The summed E-state index contributed by atoms with van der Waals surface area (Å²) < 4.78 is 0. The van der Waals surface area contributed by atoms with Crippen LogP contribution in [-0.2, 0) is 0 Å². The van der Waals surface area contributed by atoms with Crippen LogP contribution >= 0.6 is 0 Å². The SMILES string of the molecule is CC(CN1CCN(C)CC1)Nc1ccc([N+](=O)[O-])cc1[N+](=O)[O-]. The molecule has 1 atom stereocenters. The van der Waals surface area contributed by atoms with Gasteiger partial charge in [-0.2, -0.15) is 0 Å². The molecule has 0 bridgehead atoms. The van der Waals surface area contributed by atoms with Gasteiger partial charge in [0, 0.05) is 44.8 Å². The number of anilines is 1. The highest BCUT2D eigenvalue weighted by atomic mass is 16.6. The van der Waals surface area contributed by atoms with Gasteiger partial charge in [-0.15, -0.1) is 0 Å². The Balaban J connectivity index is 2.03. The number of likely N-dealkylation sites (N-methyl/N-ethyl adjacent to an activating group) is 1. The molecular weight excluding hydrogens is 302 g/mol. The molecular formula is C14H21N5O4. The van der Waals surface area contributed by atoms with E-state index in [0.717, 1.165) is 38.8 Å². The van der Waals surface area contributed by atoms with Crippen molar-refractivity contribution < 1.29 is 9.85 Å². The molecule has 1 unspecified atom stereocenters. The summed E-state index contributed by atoms with van der Waals surface area (Å²) in [5.74, 6) is 0. The third kappa shape index (κ3) is 4.60. The topological polar surface area (TPSA) is 105 Å². The molecule has 0 aromatic heterocycles. The number of benzene rings is 1. The Morgan fingerprint density at radius 1 is 1.17 bits per heavy atom. The van der Waals surface area contributed by atoms with Gasteiger partial charge in [0.15, 0.2) is 0 Å². The van der Waals surface area contributed by atoms with Crippen LogP contribution in [0.3, 0.4) is 0 Å². The first-order valence-corrected chi connectivity index (χ1v) is 7.47. The fraction of sp³-hybridized carbons (Fsp3) is 0.571.